The number of rotatable bonds is 5. The van der Waals surface area contributed by atoms with E-state index in [1.807, 2.05) is 24.3 Å². The molecule has 0 aliphatic heterocycles. The van der Waals surface area contributed by atoms with E-state index in [4.69, 9.17) is 9.47 Å². The summed E-state index contributed by atoms with van der Waals surface area (Å²) >= 11 is 0. The lowest BCUT2D eigenvalue weighted by molar-refractivity contribution is 0.0617. The number of hydrogen-bond acceptors (Lipinski definition) is 4. The van der Waals surface area contributed by atoms with Crippen LogP contribution in [0.4, 0.5) is 0 Å². The molecule has 4 nitrogen and oxygen atoms in total. The van der Waals surface area contributed by atoms with E-state index in [-0.39, 0.29) is 0 Å². The molecule has 0 bridgehead atoms. The van der Waals surface area contributed by atoms with Crippen molar-refractivity contribution in [3.8, 4) is 11.1 Å². The third-order valence-electron chi connectivity index (χ3n) is 3.11. The first-order chi connectivity index (χ1) is 11.4. The molecule has 0 unspecified atom stereocenters. The molecular weight excluding hydrogens is 304 g/mol. The van der Waals surface area contributed by atoms with Crippen molar-refractivity contribution in [2.75, 3.05) is 0 Å². The largest absolute Gasteiger partial charge is 0.428 e. The third-order valence-corrected chi connectivity index (χ3v) is 3.11. The van der Waals surface area contributed by atoms with Crippen molar-refractivity contribution >= 4 is 11.9 Å². The molecule has 4 heteroatoms. The van der Waals surface area contributed by atoms with Crippen LogP contribution in [-0.4, -0.2) is 11.9 Å². The Kier molecular flexibility index (Phi) is 5.32. The summed E-state index contributed by atoms with van der Waals surface area (Å²) in [7, 11) is 0. The highest BCUT2D eigenvalue weighted by Gasteiger charge is 2.10. The first-order valence-corrected chi connectivity index (χ1v) is 7.32. The van der Waals surface area contributed by atoms with Crippen LogP contribution >= 0.6 is 0 Å². The van der Waals surface area contributed by atoms with Crippen LogP contribution in [0, 0.1) is 0 Å². The highest BCUT2D eigenvalue weighted by molar-refractivity contribution is 5.91. The molecule has 2 aromatic rings. The second-order valence-corrected chi connectivity index (χ2v) is 5.34. The van der Waals surface area contributed by atoms with Gasteiger partial charge in [0.1, 0.15) is 0 Å². The second kappa shape index (κ2) is 7.42. The van der Waals surface area contributed by atoms with Crippen LogP contribution in [0.25, 0.3) is 11.1 Å². The fraction of sp³-hybridized carbons (Fsp3) is 0.100. The summed E-state index contributed by atoms with van der Waals surface area (Å²) < 4.78 is 9.93. The molecule has 0 heterocycles. The van der Waals surface area contributed by atoms with Gasteiger partial charge in [0.05, 0.1) is 22.6 Å². The first kappa shape index (κ1) is 17.2. The molecule has 0 N–H and O–H groups in total. The molecule has 2 aromatic carbocycles. The summed E-state index contributed by atoms with van der Waals surface area (Å²) in [6, 6.07) is 14.0. The summed E-state index contributed by atoms with van der Waals surface area (Å²) in [6.45, 7) is 10.3. The number of allylic oxidation sites excluding steroid dienone is 2. The van der Waals surface area contributed by atoms with E-state index in [0.29, 0.717) is 22.6 Å². The summed E-state index contributed by atoms with van der Waals surface area (Å²) in [4.78, 5) is 23.5. The number of carbonyl (C=O) groups is 2. The minimum atomic E-state index is -0.438. The smallest absolute Gasteiger partial charge is 0.343 e. The average Bonchev–Trinajstić information content (AvgIpc) is 2.54. The lowest BCUT2D eigenvalue weighted by Gasteiger charge is -2.07. The highest BCUT2D eigenvalue weighted by atomic mass is 16.5. The van der Waals surface area contributed by atoms with Gasteiger partial charge in [0.2, 0.25) is 0 Å². The summed E-state index contributed by atoms with van der Waals surface area (Å²) in [6.07, 6.45) is 0. The molecular formula is C20H18O4. The van der Waals surface area contributed by atoms with Crippen molar-refractivity contribution < 1.29 is 19.1 Å². The molecule has 0 aliphatic carbocycles. The van der Waals surface area contributed by atoms with Crippen LogP contribution in [-0.2, 0) is 9.47 Å². The van der Waals surface area contributed by atoms with Gasteiger partial charge in [-0.3, -0.25) is 0 Å². The van der Waals surface area contributed by atoms with Gasteiger partial charge in [0.15, 0.2) is 0 Å². The molecule has 0 aliphatic rings. The van der Waals surface area contributed by atoms with E-state index in [0.717, 1.165) is 11.1 Å². The predicted molar refractivity (Wildman–Crippen MR) is 92.3 cm³/mol. The fourth-order valence-electron chi connectivity index (χ4n) is 2.03. The van der Waals surface area contributed by atoms with E-state index < -0.39 is 11.9 Å². The SMILES string of the molecule is C=C(C)OC(=O)c1ccc(-c2ccc(C(=O)OC(=C)C)cc2)cc1. The average molecular weight is 322 g/mol. The Bertz CT molecular complexity index is 714. The summed E-state index contributed by atoms with van der Waals surface area (Å²) in [5.41, 5.74) is 2.73. The molecule has 24 heavy (non-hydrogen) atoms. The van der Waals surface area contributed by atoms with Gasteiger partial charge in [-0.2, -0.15) is 0 Å². The van der Waals surface area contributed by atoms with Gasteiger partial charge in [-0.05, 0) is 49.2 Å². The molecule has 0 amide bonds. The highest BCUT2D eigenvalue weighted by Crippen LogP contribution is 2.21. The molecule has 0 saturated carbocycles. The van der Waals surface area contributed by atoms with Crippen molar-refractivity contribution in [3.05, 3.63) is 84.3 Å². The van der Waals surface area contributed by atoms with Crippen molar-refractivity contribution in [1.82, 2.24) is 0 Å². The number of benzene rings is 2. The maximum Gasteiger partial charge on any atom is 0.343 e. The van der Waals surface area contributed by atoms with Crippen LogP contribution in [0.5, 0.6) is 0 Å². The molecule has 122 valence electrons. The Balaban J connectivity index is 2.14. The molecule has 0 fully saturated rings. The zero-order valence-electron chi connectivity index (χ0n) is 13.7. The standard InChI is InChI=1S/C20H18O4/c1-13(2)23-19(21)17-9-5-15(6-10-17)16-7-11-18(12-8-16)20(22)24-14(3)4/h5-12H,1,3H2,2,4H3. The van der Waals surface area contributed by atoms with Gasteiger partial charge in [0, 0.05) is 0 Å². The molecule has 0 spiro atoms. The normalized spacial score (nSPS) is 9.92. The van der Waals surface area contributed by atoms with Gasteiger partial charge in [-0.1, -0.05) is 37.4 Å². The monoisotopic (exact) mass is 322 g/mol. The third kappa shape index (κ3) is 4.43. The van der Waals surface area contributed by atoms with E-state index in [2.05, 4.69) is 13.2 Å². The van der Waals surface area contributed by atoms with Crippen LogP contribution in [0.1, 0.15) is 34.6 Å². The quantitative estimate of drug-likeness (QED) is 0.589. The number of carbonyl (C=O) groups excluding carboxylic acids is 2. The fourth-order valence-corrected chi connectivity index (χ4v) is 2.03. The molecule has 0 saturated heterocycles. The summed E-state index contributed by atoms with van der Waals surface area (Å²) in [5, 5.41) is 0. The second-order valence-electron chi connectivity index (χ2n) is 5.34. The van der Waals surface area contributed by atoms with Gasteiger partial charge in [-0.15, -0.1) is 0 Å². The Labute approximate surface area is 141 Å². The van der Waals surface area contributed by atoms with E-state index in [9.17, 15) is 9.59 Å². The maximum atomic E-state index is 11.8. The maximum absolute atomic E-state index is 11.8. The Morgan fingerprint density at radius 2 is 0.958 bits per heavy atom. The predicted octanol–water partition coefficient (Wildman–Crippen LogP) is 4.73. The first-order valence-electron chi connectivity index (χ1n) is 7.32. The van der Waals surface area contributed by atoms with Gasteiger partial charge in [0.25, 0.3) is 0 Å². The molecule has 0 radical (unpaired) electrons. The van der Waals surface area contributed by atoms with Crippen molar-refractivity contribution in [3.63, 3.8) is 0 Å². The number of hydrogen-bond donors (Lipinski definition) is 0. The van der Waals surface area contributed by atoms with Crippen molar-refractivity contribution in [2.24, 2.45) is 0 Å². The van der Waals surface area contributed by atoms with Crippen molar-refractivity contribution in [2.45, 2.75) is 13.8 Å². The van der Waals surface area contributed by atoms with E-state index >= 15 is 0 Å². The van der Waals surface area contributed by atoms with Crippen LogP contribution in [0.15, 0.2) is 73.2 Å². The Morgan fingerprint density at radius 1 is 0.667 bits per heavy atom. The van der Waals surface area contributed by atoms with Gasteiger partial charge >= 0.3 is 11.9 Å². The lowest BCUT2D eigenvalue weighted by Crippen LogP contribution is -2.03. The van der Waals surface area contributed by atoms with E-state index in [1.54, 1.807) is 38.1 Å². The topological polar surface area (TPSA) is 52.6 Å². The number of ether oxygens (including phenoxy) is 2. The van der Waals surface area contributed by atoms with Crippen LogP contribution in [0.2, 0.25) is 0 Å². The molecule has 0 aromatic heterocycles. The van der Waals surface area contributed by atoms with Crippen LogP contribution in [0.3, 0.4) is 0 Å². The van der Waals surface area contributed by atoms with Crippen LogP contribution < -0.4 is 0 Å². The minimum Gasteiger partial charge on any atom is -0.428 e. The molecule has 2 rings (SSSR count). The lowest BCUT2D eigenvalue weighted by atomic mass is 10.0. The van der Waals surface area contributed by atoms with Crippen molar-refractivity contribution in [1.29, 1.82) is 0 Å². The number of esters is 2. The van der Waals surface area contributed by atoms with Gasteiger partial charge < -0.3 is 9.47 Å². The Hall–Kier alpha value is -3.14. The zero-order valence-corrected chi connectivity index (χ0v) is 13.7. The summed E-state index contributed by atoms with van der Waals surface area (Å²) in [5.74, 6) is -0.179. The van der Waals surface area contributed by atoms with E-state index in [1.165, 1.54) is 0 Å². The molecule has 0 atom stereocenters. The zero-order chi connectivity index (χ0) is 17.7. The minimum absolute atomic E-state index is 0.348. The Morgan fingerprint density at radius 3 is 1.21 bits per heavy atom. The van der Waals surface area contributed by atoms with Gasteiger partial charge in [-0.25, -0.2) is 9.59 Å².